The molecule has 0 radical (unpaired) electrons. The molecule has 0 saturated heterocycles. The van der Waals surface area contributed by atoms with Gasteiger partial charge >= 0.3 is 0 Å². The molecule has 0 aliphatic heterocycles. The van der Waals surface area contributed by atoms with Crippen molar-refractivity contribution in [3.8, 4) is 11.4 Å². The van der Waals surface area contributed by atoms with Gasteiger partial charge in [-0.15, -0.1) is 0 Å². The molecule has 0 aliphatic carbocycles. The molecule has 1 atom stereocenters. The lowest BCUT2D eigenvalue weighted by Crippen LogP contribution is -2.22. The Bertz CT molecular complexity index is 957. The Kier molecular flexibility index (Phi) is 4.80. The van der Waals surface area contributed by atoms with Crippen LogP contribution in [0.4, 0.5) is 0 Å². The first-order chi connectivity index (χ1) is 13.2. The summed E-state index contributed by atoms with van der Waals surface area (Å²) < 4.78 is 3.63. The van der Waals surface area contributed by atoms with Gasteiger partial charge in [0, 0.05) is 25.0 Å². The standard InChI is InChI=1S/C21H22N6/c1-17(19-6-10-21(11-7-19)27-16-22-15-24-27)25(2)14-18-4-8-20(9-5-18)26-13-3-12-23-26/h3-13,15-17H,14H2,1-2H3. The number of rotatable bonds is 6. The lowest BCUT2D eigenvalue weighted by atomic mass is 10.1. The van der Waals surface area contributed by atoms with Crippen molar-refractivity contribution < 1.29 is 0 Å². The average Bonchev–Trinajstić information content (AvgIpc) is 3.42. The zero-order valence-corrected chi connectivity index (χ0v) is 15.5. The van der Waals surface area contributed by atoms with E-state index >= 15 is 0 Å². The van der Waals surface area contributed by atoms with Crippen LogP contribution in [-0.2, 0) is 6.54 Å². The first-order valence-electron chi connectivity index (χ1n) is 8.95. The molecule has 2 heterocycles. The Morgan fingerprint density at radius 3 is 2.26 bits per heavy atom. The normalized spacial score (nSPS) is 12.4. The van der Waals surface area contributed by atoms with Crippen LogP contribution in [0.25, 0.3) is 11.4 Å². The highest BCUT2D eigenvalue weighted by atomic mass is 15.3. The number of aromatic nitrogens is 5. The summed E-state index contributed by atoms with van der Waals surface area (Å²) in [4.78, 5) is 6.33. The summed E-state index contributed by atoms with van der Waals surface area (Å²) in [6, 6.07) is 19.2. The summed E-state index contributed by atoms with van der Waals surface area (Å²) in [5.41, 5.74) is 4.64. The molecule has 6 heteroatoms. The highest BCUT2D eigenvalue weighted by Crippen LogP contribution is 2.22. The lowest BCUT2D eigenvalue weighted by molar-refractivity contribution is 0.253. The van der Waals surface area contributed by atoms with E-state index in [0.717, 1.165) is 17.9 Å². The van der Waals surface area contributed by atoms with Crippen molar-refractivity contribution >= 4 is 0 Å². The van der Waals surface area contributed by atoms with Crippen LogP contribution in [0.3, 0.4) is 0 Å². The number of hydrogen-bond acceptors (Lipinski definition) is 4. The van der Waals surface area contributed by atoms with Crippen LogP contribution in [0, 0.1) is 0 Å². The number of nitrogens with zero attached hydrogens (tertiary/aromatic N) is 6. The zero-order chi connectivity index (χ0) is 18.6. The zero-order valence-electron chi connectivity index (χ0n) is 15.5. The molecule has 136 valence electrons. The van der Waals surface area contributed by atoms with Crippen molar-refractivity contribution in [3.63, 3.8) is 0 Å². The van der Waals surface area contributed by atoms with E-state index in [-0.39, 0.29) is 0 Å². The highest BCUT2D eigenvalue weighted by molar-refractivity contribution is 5.35. The van der Waals surface area contributed by atoms with Crippen LogP contribution in [0.2, 0.25) is 0 Å². The molecule has 0 saturated carbocycles. The third kappa shape index (κ3) is 3.80. The Balaban J connectivity index is 1.42. The fourth-order valence-electron chi connectivity index (χ4n) is 3.10. The van der Waals surface area contributed by atoms with Crippen molar-refractivity contribution in [2.45, 2.75) is 19.5 Å². The molecule has 1 unspecified atom stereocenters. The second kappa shape index (κ2) is 7.55. The molecular formula is C21H22N6. The van der Waals surface area contributed by atoms with Gasteiger partial charge < -0.3 is 0 Å². The molecule has 0 N–H and O–H groups in total. The summed E-state index contributed by atoms with van der Waals surface area (Å²) in [5, 5.41) is 8.43. The second-order valence-electron chi connectivity index (χ2n) is 6.64. The molecule has 4 aromatic rings. The number of hydrogen-bond donors (Lipinski definition) is 0. The van der Waals surface area contributed by atoms with Crippen molar-refractivity contribution in [2.75, 3.05) is 7.05 Å². The van der Waals surface area contributed by atoms with Crippen LogP contribution in [0.5, 0.6) is 0 Å². The van der Waals surface area contributed by atoms with E-state index in [9.17, 15) is 0 Å². The lowest BCUT2D eigenvalue weighted by Gasteiger charge is -2.25. The molecule has 4 rings (SSSR count). The van der Waals surface area contributed by atoms with Gasteiger partial charge in [0.1, 0.15) is 12.7 Å². The minimum Gasteiger partial charge on any atom is -0.295 e. The minimum absolute atomic E-state index is 0.306. The predicted molar refractivity (Wildman–Crippen MR) is 105 cm³/mol. The van der Waals surface area contributed by atoms with Crippen molar-refractivity contribution in [1.29, 1.82) is 0 Å². The van der Waals surface area contributed by atoms with E-state index in [4.69, 9.17) is 0 Å². The second-order valence-corrected chi connectivity index (χ2v) is 6.64. The van der Waals surface area contributed by atoms with Gasteiger partial charge in [-0.25, -0.2) is 14.3 Å². The predicted octanol–water partition coefficient (Wildman–Crippen LogP) is 3.65. The first-order valence-corrected chi connectivity index (χ1v) is 8.95. The fourth-order valence-corrected chi connectivity index (χ4v) is 3.10. The van der Waals surface area contributed by atoms with Gasteiger partial charge in [-0.3, -0.25) is 4.90 Å². The molecule has 2 aromatic heterocycles. The fraction of sp³-hybridized carbons (Fsp3) is 0.190. The molecule has 27 heavy (non-hydrogen) atoms. The van der Waals surface area contributed by atoms with Gasteiger partial charge in [-0.1, -0.05) is 24.3 Å². The Morgan fingerprint density at radius 2 is 1.63 bits per heavy atom. The van der Waals surface area contributed by atoms with E-state index in [1.165, 1.54) is 11.1 Å². The largest absolute Gasteiger partial charge is 0.295 e. The van der Waals surface area contributed by atoms with Gasteiger partial charge in [0.2, 0.25) is 0 Å². The smallest absolute Gasteiger partial charge is 0.138 e. The molecule has 0 aliphatic rings. The average molecular weight is 358 g/mol. The SMILES string of the molecule is CC(c1ccc(-n2cncn2)cc1)N(C)Cc1ccc(-n2cccn2)cc1. The van der Waals surface area contributed by atoms with Gasteiger partial charge in [-0.2, -0.15) is 10.2 Å². The van der Waals surface area contributed by atoms with E-state index in [2.05, 4.69) is 82.6 Å². The topological polar surface area (TPSA) is 51.8 Å². The van der Waals surface area contributed by atoms with E-state index in [0.29, 0.717) is 6.04 Å². The van der Waals surface area contributed by atoms with Gasteiger partial charge in [-0.05, 0) is 55.4 Å². The molecule has 6 nitrogen and oxygen atoms in total. The molecule has 0 fully saturated rings. The minimum atomic E-state index is 0.306. The van der Waals surface area contributed by atoms with Crippen LogP contribution < -0.4 is 0 Å². The van der Waals surface area contributed by atoms with Crippen LogP contribution >= 0.6 is 0 Å². The monoisotopic (exact) mass is 358 g/mol. The van der Waals surface area contributed by atoms with Gasteiger partial charge in [0.15, 0.2) is 0 Å². The van der Waals surface area contributed by atoms with E-state index in [1.54, 1.807) is 23.5 Å². The van der Waals surface area contributed by atoms with E-state index in [1.807, 2.05) is 16.9 Å². The van der Waals surface area contributed by atoms with Crippen LogP contribution in [-0.4, -0.2) is 36.5 Å². The van der Waals surface area contributed by atoms with E-state index < -0.39 is 0 Å². The Labute approximate surface area is 158 Å². The maximum Gasteiger partial charge on any atom is 0.138 e. The van der Waals surface area contributed by atoms with Crippen molar-refractivity contribution in [2.24, 2.45) is 0 Å². The summed E-state index contributed by atoms with van der Waals surface area (Å²) in [6.45, 7) is 3.11. The summed E-state index contributed by atoms with van der Waals surface area (Å²) in [6.07, 6.45) is 6.99. The number of benzene rings is 2. The third-order valence-corrected chi connectivity index (χ3v) is 4.86. The maximum absolute atomic E-state index is 4.27. The molecule has 0 spiro atoms. The van der Waals surface area contributed by atoms with Gasteiger partial charge in [0.05, 0.1) is 11.4 Å². The quantitative estimate of drug-likeness (QED) is 0.528. The molecular weight excluding hydrogens is 336 g/mol. The Hall–Kier alpha value is -3.25. The highest BCUT2D eigenvalue weighted by Gasteiger charge is 2.12. The molecule has 0 bridgehead atoms. The third-order valence-electron chi connectivity index (χ3n) is 4.86. The molecule has 0 amide bonds. The molecule has 2 aromatic carbocycles. The maximum atomic E-state index is 4.27. The van der Waals surface area contributed by atoms with Gasteiger partial charge in [0.25, 0.3) is 0 Å². The van der Waals surface area contributed by atoms with Crippen molar-refractivity contribution in [3.05, 3.63) is 90.8 Å². The van der Waals surface area contributed by atoms with Crippen LogP contribution in [0.1, 0.15) is 24.1 Å². The van der Waals surface area contributed by atoms with Crippen molar-refractivity contribution in [1.82, 2.24) is 29.4 Å². The first kappa shape index (κ1) is 17.2. The van der Waals surface area contributed by atoms with Crippen LogP contribution in [0.15, 0.2) is 79.6 Å². The summed E-state index contributed by atoms with van der Waals surface area (Å²) in [7, 11) is 2.15. The Morgan fingerprint density at radius 1 is 0.926 bits per heavy atom. The summed E-state index contributed by atoms with van der Waals surface area (Å²) in [5.74, 6) is 0. The summed E-state index contributed by atoms with van der Waals surface area (Å²) >= 11 is 0.